The molecule has 0 bridgehead atoms. The van der Waals surface area contributed by atoms with Gasteiger partial charge in [-0.2, -0.15) is 0 Å². The second-order valence-corrected chi connectivity index (χ2v) is 5.12. The molecule has 1 aliphatic heterocycles. The van der Waals surface area contributed by atoms with E-state index in [-0.39, 0.29) is 17.9 Å². The van der Waals surface area contributed by atoms with Gasteiger partial charge in [0.15, 0.2) is 0 Å². The van der Waals surface area contributed by atoms with Crippen LogP contribution in [-0.4, -0.2) is 29.4 Å². The number of pyridine rings is 1. The van der Waals surface area contributed by atoms with Crippen LogP contribution in [0.15, 0.2) is 30.5 Å². The molecule has 1 saturated heterocycles. The van der Waals surface area contributed by atoms with E-state index in [4.69, 9.17) is 5.73 Å². The Morgan fingerprint density at radius 3 is 2.81 bits per heavy atom. The number of piperidine rings is 1. The van der Waals surface area contributed by atoms with Gasteiger partial charge in [-0.15, -0.1) is 0 Å². The third-order valence-electron chi connectivity index (χ3n) is 3.67. The lowest BCUT2D eigenvalue weighted by atomic mass is 10.0. The highest BCUT2D eigenvalue weighted by atomic mass is 16.2. The van der Waals surface area contributed by atoms with E-state index in [2.05, 4.69) is 15.6 Å². The fraction of sp³-hybridized carbons (Fsp3) is 0.267. The van der Waals surface area contributed by atoms with Gasteiger partial charge in [0, 0.05) is 30.6 Å². The molecule has 1 aromatic heterocycles. The molecule has 1 unspecified atom stereocenters. The SMILES string of the molecule is Nc1ncc(C(=O)NC2CCC(=O)NC2)c2ccccc12. The lowest BCUT2D eigenvalue weighted by Crippen LogP contribution is -2.47. The van der Waals surface area contributed by atoms with E-state index < -0.39 is 0 Å². The predicted octanol–water partition coefficient (Wildman–Crippen LogP) is 0.825. The third-order valence-corrected chi connectivity index (χ3v) is 3.67. The number of carbonyl (C=O) groups excluding carboxylic acids is 2. The van der Waals surface area contributed by atoms with Gasteiger partial charge >= 0.3 is 0 Å². The van der Waals surface area contributed by atoms with Crippen molar-refractivity contribution in [2.45, 2.75) is 18.9 Å². The van der Waals surface area contributed by atoms with E-state index in [1.54, 1.807) is 0 Å². The summed E-state index contributed by atoms with van der Waals surface area (Å²) in [6, 6.07) is 7.37. The van der Waals surface area contributed by atoms with Crippen LogP contribution in [0.1, 0.15) is 23.2 Å². The largest absolute Gasteiger partial charge is 0.383 e. The minimum absolute atomic E-state index is 0.0279. The Hall–Kier alpha value is -2.63. The fourth-order valence-electron chi connectivity index (χ4n) is 2.51. The van der Waals surface area contributed by atoms with Gasteiger partial charge in [-0.25, -0.2) is 4.98 Å². The van der Waals surface area contributed by atoms with E-state index >= 15 is 0 Å². The predicted molar refractivity (Wildman–Crippen MR) is 79.7 cm³/mol. The molecule has 1 fully saturated rings. The standard InChI is InChI=1S/C15H16N4O2/c16-14-11-4-2-1-3-10(11)12(8-18-14)15(21)19-9-5-6-13(20)17-7-9/h1-4,8-9H,5-7H2,(H2,16,18)(H,17,20)(H,19,21). The zero-order valence-electron chi connectivity index (χ0n) is 11.4. The van der Waals surface area contributed by atoms with Gasteiger partial charge < -0.3 is 16.4 Å². The summed E-state index contributed by atoms with van der Waals surface area (Å²) >= 11 is 0. The number of anilines is 1. The highest BCUT2D eigenvalue weighted by Crippen LogP contribution is 2.22. The van der Waals surface area contributed by atoms with E-state index in [0.717, 1.165) is 10.8 Å². The molecule has 1 aliphatic rings. The first-order valence-corrected chi connectivity index (χ1v) is 6.86. The third kappa shape index (κ3) is 2.65. The number of nitrogens with two attached hydrogens (primary N) is 1. The van der Waals surface area contributed by atoms with Crippen LogP contribution in [0.3, 0.4) is 0 Å². The Bertz CT molecular complexity index is 704. The van der Waals surface area contributed by atoms with Crippen LogP contribution in [0.2, 0.25) is 0 Å². The number of aromatic nitrogens is 1. The summed E-state index contributed by atoms with van der Waals surface area (Å²) < 4.78 is 0. The Morgan fingerprint density at radius 2 is 2.10 bits per heavy atom. The van der Waals surface area contributed by atoms with Crippen LogP contribution in [0.4, 0.5) is 5.82 Å². The van der Waals surface area contributed by atoms with Crippen molar-refractivity contribution in [3.05, 3.63) is 36.0 Å². The van der Waals surface area contributed by atoms with Crippen molar-refractivity contribution >= 4 is 28.4 Å². The summed E-state index contributed by atoms with van der Waals surface area (Å²) in [5, 5.41) is 7.22. The monoisotopic (exact) mass is 284 g/mol. The molecule has 0 radical (unpaired) electrons. The minimum Gasteiger partial charge on any atom is -0.383 e. The lowest BCUT2D eigenvalue weighted by molar-refractivity contribution is -0.122. The van der Waals surface area contributed by atoms with Crippen molar-refractivity contribution in [1.29, 1.82) is 0 Å². The molecule has 108 valence electrons. The number of nitrogen functional groups attached to an aromatic ring is 1. The maximum absolute atomic E-state index is 12.4. The summed E-state index contributed by atoms with van der Waals surface area (Å²) in [5.41, 5.74) is 6.33. The molecule has 6 nitrogen and oxygen atoms in total. The number of nitrogens with zero attached hydrogens (tertiary/aromatic N) is 1. The zero-order valence-corrected chi connectivity index (χ0v) is 11.4. The van der Waals surface area contributed by atoms with Crippen LogP contribution in [0.5, 0.6) is 0 Å². The summed E-state index contributed by atoms with van der Waals surface area (Å²) in [7, 11) is 0. The number of hydrogen-bond donors (Lipinski definition) is 3. The molecular formula is C15H16N4O2. The van der Waals surface area contributed by atoms with Crippen molar-refractivity contribution < 1.29 is 9.59 Å². The molecule has 2 heterocycles. The van der Waals surface area contributed by atoms with Crippen LogP contribution in [0, 0.1) is 0 Å². The minimum atomic E-state index is -0.195. The zero-order chi connectivity index (χ0) is 14.8. The molecule has 4 N–H and O–H groups in total. The first-order chi connectivity index (χ1) is 10.1. The van der Waals surface area contributed by atoms with E-state index in [1.165, 1.54) is 6.20 Å². The molecule has 3 rings (SSSR count). The molecule has 6 heteroatoms. The molecule has 2 amide bonds. The van der Waals surface area contributed by atoms with Crippen molar-refractivity contribution in [2.75, 3.05) is 12.3 Å². The maximum Gasteiger partial charge on any atom is 0.253 e. The lowest BCUT2D eigenvalue weighted by Gasteiger charge is -2.23. The summed E-state index contributed by atoms with van der Waals surface area (Å²) in [6.45, 7) is 0.463. The average molecular weight is 284 g/mol. The Kier molecular flexibility index (Phi) is 3.43. The number of carbonyl (C=O) groups is 2. The number of rotatable bonds is 2. The first-order valence-electron chi connectivity index (χ1n) is 6.86. The van der Waals surface area contributed by atoms with Gasteiger partial charge in [0.2, 0.25) is 5.91 Å². The molecule has 2 aromatic rings. The number of hydrogen-bond acceptors (Lipinski definition) is 4. The Labute approximate surface area is 121 Å². The van der Waals surface area contributed by atoms with Crippen molar-refractivity contribution in [2.24, 2.45) is 0 Å². The van der Waals surface area contributed by atoms with Crippen LogP contribution < -0.4 is 16.4 Å². The van der Waals surface area contributed by atoms with Gasteiger partial charge in [0.05, 0.1) is 5.56 Å². The highest BCUT2D eigenvalue weighted by molar-refractivity contribution is 6.09. The molecular weight excluding hydrogens is 268 g/mol. The maximum atomic E-state index is 12.4. The second kappa shape index (κ2) is 5.40. The Morgan fingerprint density at radius 1 is 1.33 bits per heavy atom. The summed E-state index contributed by atoms with van der Waals surface area (Å²) in [4.78, 5) is 27.6. The van der Waals surface area contributed by atoms with Gasteiger partial charge in [0.25, 0.3) is 5.91 Å². The van der Waals surface area contributed by atoms with E-state index in [0.29, 0.717) is 30.8 Å². The van der Waals surface area contributed by atoms with Gasteiger partial charge in [-0.1, -0.05) is 24.3 Å². The average Bonchev–Trinajstić information content (AvgIpc) is 2.50. The molecule has 1 atom stereocenters. The van der Waals surface area contributed by atoms with Crippen LogP contribution in [0.25, 0.3) is 10.8 Å². The summed E-state index contributed by atoms with van der Waals surface area (Å²) in [5.74, 6) is 0.243. The molecule has 1 aromatic carbocycles. The molecule has 0 spiro atoms. The smallest absolute Gasteiger partial charge is 0.253 e. The van der Waals surface area contributed by atoms with Gasteiger partial charge in [-0.3, -0.25) is 9.59 Å². The highest BCUT2D eigenvalue weighted by Gasteiger charge is 2.21. The quantitative estimate of drug-likeness (QED) is 0.760. The van der Waals surface area contributed by atoms with Crippen molar-refractivity contribution in [1.82, 2.24) is 15.6 Å². The first kappa shape index (κ1) is 13.4. The van der Waals surface area contributed by atoms with E-state index in [9.17, 15) is 9.59 Å². The molecule has 21 heavy (non-hydrogen) atoms. The number of benzene rings is 1. The topological polar surface area (TPSA) is 97.1 Å². The van der Waals surface area contributed by atoms with Gasteiger partial charge in [-0.05, 0) is 11.8 Å². The Balaban J connectivity index is 1.85. The van der Waals surface area contributed by atoms with Crippen molar-refractivity contribution in [3.8, 4) is 0 Å². The van der Waals surface area contributed by atoms with Crippen LogP contribution >= 0.6 is 0 Å². The normalized spacial score (nSPS) is 18.3. The van der Waals surface area contributed by atoms with Crippen molar-refractivity contribution in [3.63, 3.8) is 0 Å². The number of fused-ring (bicyclic) bond motifs is 1. The van der Waals surface area contributed by atoms with Gasteiger partial charge in [0.1, 0.15) is 5.82 Å². The van der Waals surface area contributed by atoms with E-state index in [1.807, 2.05) is 24.3 Å². The number of amides is 2. The second-order valence-electron chi connectivity index (χ2n) is 5.12. The molecule has 0 aliphatic carbocycles. The van der Waals surface area contributed by atoms with Crippen LogP contribution in [-0.2, 0) is 4.79 Å². The summed E-state index contributed by atoms with van der Waals surface area (Å²) in [6.07, 6.45) is 2.58. The number of nitrogens with one attached hydrogen (secondary N) is 2. The fourth-order valence-corrected chi connectivity index (χ4v) is 2.51. The molecule has 0 saturated carbocycles.